The van der Waals surface area contributed by atoms with Gasteiger partial charge in [0.05, 0.1) is 17.8 Å². The van der Waals surface area contributed by atoms with Gasteiger partial charge in [0, 0.05) is 32.1 Å². The molecule has 0 unspecified atom stereocenters. The second-order valence-electron chi connectivity index (χ2n) is 8.23. The first-order chi connectivity index (χ1) is 17.3. The summed E-state index contributed by atoms with van der Waals surface area (Å²) in [5.41, 5.74) is 9.04. The zero-order valence-electron chi connectivity index (χ0n) is 19.1. The molecular formula is C25H20ClFN6O3. The minimum absolute atomic E-state index is 0.0343. The number of hydrogen-bond acceptors (Lipinski definition) is 6. The summed E-state index contributed by atoms with van der Waals surface area (Å²) < 4.78 is 21.6. The molecule has 4 heterocycles. The first-order valence-corrected chi connectivity index (χ1v) is 11.4. The Morgan fingerprint density at radius 3 is 2.72 bits per heavy atom. The van der Waals surface area contributed by atoms with E-state index in [1.54, 1.807) is 43.7 Å². The lowest BCUT2D eigenvalue weighted by Gasteiger charge is -2.19. The smallest absolute Gasteiger partial charge is 0.392 e. The van der Waals surface area contributed by atoms with E-state index in [4.69, 9.17) is 22.1 Å². The Morgan fingerprint density at radius 2 is 1.94 bits per heavy atom. The molecule has 0 spiro atoms. The fourth-order valence-corrected chi connectivity index (χ4v) is 4.43. The average molecular weight is 507 g/mol. The Morgan fingerprint density at radius 1 is 1.11 bits per heavy atom. The largest absolute Gasteiger partial charge is 0.411 e. The lowest BCUT2D eigenvalue weighted by Crippen LogP contribution is -2.31. The number of amides is 2. The highest BCUT2D eigenvalue weighted by Crippen LogP contribution is 2.36. The summed E-state index contributed by atoms with van der Waals surface area (Å²) in [6.45, 7) is 0.380. The normalized spacial score (nSPS) is 12.5. The van der Waals surface area contributed by atoms with Gasteiger partial charge in [-0.05, 0) is 59.0 Å². The monoisotopic (exact) mass is 506 g/mol. The topological polar surface area (TPSA) is 116 Å². The van der Waals surface area contributed by atoms with Crippen molar-refractivity contribution >= 4 is 29.3 Å². The number of ether oxygens (including phenoxy) is 1. The maximum Gasteiger partial charge on any atom is 0.411 e. The highest BCUT2D eigenvalue weighted by Gasteiger charge is 2.29. The number of anilines is 1. The third kappa shape index (κ3) is 4.50. The maximum atomic E-state index is 15.3. The number of nitrogens with zero attached hydrogens (tertiary/aromatic N) is 5. The Hall–Kier alpha value is -4.31. The Labute approximate surface area is 210 Å². The molecule has 9 nitrogen and oxygen atoms in total. The van der Waals surface area contributed by atoms with Crippen molar-refractivity contribution < 1.29 is 18.7 Å². The van der Waals surface area contributed by atoms with Crippen LogP contribution >= 0.6 is 11.6 Å². The van der Waals surface area contributed by atoms with Crippen molar-refractivity contribution in [3.63, 3.8) is 0 Å². The second-order valence-corrected chi connectivity index (χ2v) is 8.59. The van der Waals surface area contributed by atoms with E-state index in [-0.39, 0.29) is 29.0 Å². The number of primary amides is 1. The van der Waals surface area contributed by atoms with Gasteiger partial charge in [0.15, 0.2) is 0 Å². The number of aromatic nitrogens is 4. The van der Waals surface area contributed by atoms with Crippen LogP contribution in [0.1, 0.15) is 11.1 Å². The molecule has 0 bridgehead atoms. The van der Waals surface area contributed by atoms with E-state index in [0.717, 1.165) is 11.1 Å². The molecule has 182 valence electrons. The van der Waals surface area contributed by atoms with E-state index in [9.17, 15) is 9.59 Å². The number of carbonyl (C=O) groups excluding carboxylic acids is 2. The summed E-state index contributed by atoms with van der Waals surface area (Å²) in [6.07, 6.45) is 2.75. The molecule has 0 saturated heterocycles. The van der Waals surface area contributed by atoms with Gasteiger partial charge < -0.3 is 15.4 Å². The van der Waals surface area contributed by atoms with Crippen LogP contribution in [-0.4, -0.2) is 38.3 Å². The summed E-state index contributed by atoms with van der Waals surface area (Å²) in [7, 11) is 1.61. The lowest BCUT2D eigenvalue weighted by atomic mass is 10.0. The van der Waals surface area contributed by atoms with Crippen LogP contribution in [0, 0.1) is 5.82 Å². The molecule has 1 aromatic carbocycles. The SMILES string of the molecule is Cn1nc(-c2cc(-c3cc(F)c4c(c3)CCN4C(=O)Cc3cccnc3Cl)ccn2)cc1OC(N)=O. The Bertz CT molecular complexity index is 1510. The molecular weight excluding hydrogens is 487 g/mol. The summed E-state index contributed by atoms with van der Waals surface area (Å²) in [5.74, 6) is -0.560. The molecule has 0 atom stereocenters. The van der Waals surface area contributed by atoms with Gasteiger partial charge in [-0.1, -0.05) is 17.7 Å². The van der Waals surface area contributed by atoms with E-state index in [2.05, 4.69) is 15.1 Å². The van der Waals surface area contributed by atoms with Crippen molar-refractivity contribution in [1.29, 1.82) is 0 Å². The number of benzene rings is 1. The Kier molecular flexibility index (Phi) is 6.11. The van der Waals surface area contributed by atoms with E-state index in [1.807, 2.05) is 6.07 Å². The molecule has 2 N–H and O–H groups in total. The minimum Gasteiger partial charge on any atom is -0.392 e. The second kappa shape index (κ2) is 9.38. The average Bonchev–Trinajstić information content (AvgIpc) is 3.44. The molecule has 1 aliphatic heterocycles. The quantitative estimate of drug-likeness (QED) is 0.410. The van der Waals surface area contributed by atoms with Crippen LogP contribution in [0.3, 0.4) is 0 Å². The van der Waals surface area contributed by atoms with Crippen molar-refractivity contribution in [1.82, 2.24) is 19.7 Å². The van der Waals surface area contributed by atoms with Crippen molar-refractivity contribution in [3.8, 4) is 28.4 Å². The standard InChI is InChI=1S/C25H20ClFN6O3/c1-32-22(36-25(28)35)13-20(31-32)19-11-14(4-7-29-19)17-9-15-5-8-33(23(15)18(27)10-17)21(34)12-16-3-2-6-30-24(16)26/h2-4,6-7,9-11,13H,5,8,12H2,1H3,(H2,28,35). The summed E-state index contributed by atoms with van der Waals surface area (Å²) >= 11 is 6.09. The molecule has 11 heteroatoms. The van der Waals surface area contributed by atoms with Crippen LogP contribution in [-0.2, 0) is 24.7 Å². The third-order valence-electron chi connectivity index (χ3n) is 5.89. The van der Waals surface area contributed by atoms with Gasteiger partial charge in [-0.25, -0.2) is 18.9 Å². The summed E-state index contributed by atoms with van der Waals surface area (Å²) in [5, 5.41) is 4.56. The van der Waals surface area contributed by atoms with Crippen LogP contribution in [0.15, 0.2) is 54.9 Å². The molecule has 0 radical (unpaired) electrons. The van der Waals surface area contributed by atoms with Crippen LogP contribution in [0.4, 0.5) is 14.9 Å². The van der Waals surface area contributed by atoms with E-state index >= 15 is 4.39 Å². The van der Waals surface area contributed by atoms with Crippen LogP contribution in [0.2, 0.25) is 5.15 Å². The van der Waals surface area contributed by atoms with Crippen molar-refractivity contribution in [2.45, 2.75) is 12.8 Å². The number of rotatable bonds is 5. The predicted octanol–water partition coefficient (Wildman–Crippen LogP) is 3.93. The minimum atomic E-state index is -0.948. The molecule has 0 fully saturated rings. The molecule has 0 aliphatic carbocycles. The van der Waals surface area contributed by atoms with E-state index in [1.165, 1.54) is 21.7 Å². The predicted molar refractivity (Wildman–Crippen MR) is 131 cm³/mol. The molecule has 1 aliphatic rings. The van der Waals surface area contributed by atoms with Gasteiger partial charge in [-0.2, -0.15) is 5.10 Å². The number of nitrogens with two attached hydrogens (primary N) is 1. The van der Waals surface area contributed by atoms with Gasteiger partial charge in [0.2, 0.25) is 11.8 Å². The first kappa shape index (κ1) is 23.4. The summed E-state index contributed by atoms with van der Waals surface area (Å²) in [6, 6.07) is 11.8. The van der Waals surface area contributed by atoms with Gasteiger partial charge >= 0.3 is 6.09 Å². The van der Waals surface area contributed by atoms with Crippen molar-refractivity contribution in [2.24, 2.45) is 12.8 Å². The lowest BCUT2D eigenvalue weighted by molar-refractivity contribution is -0.117. The number of aryl methyl sites for hydroxylation is 1. The van der Waals surface area contributed by atoms with Gasteiger partial charge in [0.1, 0.15) is 16.7 Å². The zero-order chi connectivity index (χ0) is 25.4. The molecule has 36 heavy (non-hydrogen) atoms. The molecule has 3 aromatic heterocycles. The number of fused-ring (bicyclic) bond motifs is 1. The number of pyridine rings is 2. The highest BCUT2D eigenvalue weighted by atomic mass is 35.5. The van der Waals surface area contributed by atoms with Gasteiger partial charge in [-0.3, -0.25) is 9.78 Å². The summed E-state index contributed by atoms with van der Waals surface area (Å²) in [4.78, 5) is 33.8. The number of hydrogen-bond donors (Lipinski definition) is 1. The van der Waals surface area contributed by atoms with E-state index < -0.39 is 11.9 Å². The number of halogens is 2. The maximum absolute atomic E-state index is 15.3. The van der Waals surface area contributed by atoms with E-state index in [0.29, 0.717) is 35.5 Å². The number of carbonyl (C=O) groups is 2. The van der Waals surface area contributed by atoms with Gasteiger partial charge in [-0.15, -0.1) is 0 Å². The van der Waals surface area contributed by atoms with Crippen LogP contribution in [0.5, 0.6) is 5.88 Å². The Balaban J connectivity index is 1.42. The van der Waals surface area contributed by atoms with Crippen LogP contribution < -0.4 is 15.4 Å². The fraction of sp³-hybridized carbons (Fsp3) is 0.160. The van der Waals surface area contributed by atoms with Gasteiger partial charge in [0.25, 0.3) is 0 Å². The van der Waals surface area contributed by atoms with Crippen molar-refractivity contribution in [3.05, 3.63) is 77.0 Å². The molecule has 0 saturated carbocycles. The van der Waals surface area contributed by atoms with Crippen LogP contribution in [0.25, 0.3) is 22.5 Å². The first-order valence-electron chi connectivity index (χ1n) is 11.0. The fourth-order valence-electron chi connectivity index (χ4n) is 4.24. The third-order valence-corrected chi connectivity index (χ3v) is 6.23. The molecule has 5 rings (SSSR count). The molecule has 4 aromatic rings. The van der Waals surface area contributed by atoms with Crippen molar-refractivity contribution in [2.75, 3.05) is 11.4 Å². The highest BCUT2D eigenvalue weighted by molar-refractivity contribution is 6.30. The zero-order valence-corrected chi connectivity index (χ0v) is 19.9. The molecule has 2 amide bonds.